The van der Waals surface area contributed by atoms with Crippen molar-refractivity contribution in [2.24, 2.45) is 0 Å². The number of carbonyl (C=O) groups is 1. The molecule has 3 aromatic heterocycles. The largest absolute Gasteiger partial charge is 0.472 e. The Balaban J connectivity index is 1.29. The molecular weight excluding hydrogens is 420 g/mol. The Kier molecular flexibility index (Phi) is 5.81. The number of benzene rings is 1. The summed E-state index contributed by atoms with van der Waals surface area (Å²) in [4.78, 5) is 20.2. The summed E-state index contributed by atoms with van der Waals surface area (Å²) in [5.74, 6) is -0.124. The molecule has 6 nitrogen and oxygen atoms in total. The molecule has 164 valence electrons. The van der Waals surface area contributed by atoms with Crippen molar-refractivity contribution in [3.63, 3.8) is 0 Å². The summed E-state index contributed by atoms with van der Waals surface area (Å²) in [6, 6.07) is 11.6. The van der Waals surface area contributed by atoms with Crippen LogP contribution in [0.15, 0.2) is 64.9 Å². The molecule has 1 aliphatic heterocycles. The number of amides is 1. The number of thiazole rings is 1. The monoisotopic (exact) mass is 446 g/mol. The predicted octanol–water partition coefficient (Wildman–Crippen LogP) is 5.80. The highest BCUT2D eigenvalue weighted by molar-refractivity contribution is 7.13. The van der Waals surface area contributed by atoms with E-state index in [4.69, 9.17) is 9.40 Å². The van der Waals surface area contributed by atoms with Gasteiger partial charge in [-0.2, -0.15) is 0 Å². The van der Waals surface area contributed by atoms with Crippen LogP contribution in [0.1, 0.15) is 41.0 Å². The summed E-state index contributed by atoms with van der Waals surface area (Å²) in [6.45, 7) is 4.76. The van der Waals surface area contributed by atoms with Crippen molar-refractivity contribution in [2.75, 3.05) is 23.3 Å². The molecule has 0 spiro atoms. The Labute approximate surface area is 191 Å². The first kappa shape index (κ1) is 20.6. The number of aromatic nitrogens is 2. The number of furan rings is 1. The maximum atomic E-state index is 13.0. The van der Waals surface area contributed by atoms with Gasteiger partial charge in [0, 0.05) is 35.9 Å². The predicted molar refractivity (Wildman–Crippen MR) is 129 cm³/mol. The lowest BCUT2D eigenvalue weighted by molar-refractivity contribution is 0.101. The van der Waals surface area contributed by atoms with Gasteiger partial charge >= 0.3 is 0 Å². The van der Waals surface area contributed by atoms with E-state index in [9.17, 15) is 4.79 Å². The van der Waals surface area contributed by atoms with Crippen LogP contribution in [0.4, 0.5) is 10.8 Å². The topological polar surface area (TPSA) is 63.3 Å². The van der Waals surface area contributed by atoms with Crippen LogP contribution in [0.2, 0.25) is 0 Å². The van der Waals surface area contributed by atoms with Gasteiger partial charge in [0.15, 0.2) is 5.13 Å². The number of anilines is 2. The highest BCUT2D eigenvalue weighted by Crippen LogP contribution is 2.25. The van der Waals surface area contributed by atoms with E-state index in [-0.39, 0.29) is 5.91 Å². The van der Waals surface area contributed by atoms with E-state index in [0.29, 0.717) is 12.2 Å². The minimum atomic E-state index is -0.124. The van der Waals surface area contributed by atoms with Gasteiger partial charge in [0.05, 0.1) is 24.8 Å². The third-order valence-corrected chi connectivity index (χ3v) is 6.71. The van der Waals surface area contributed by atoms with Crippen molar-refractivity contribution in [3.05, 3.63) is 77.5 Å². The normalized spacial score (nSPS) is 14.0. The molecule has 1 aromatic carbocycles. The van der Waals surface area contributed by atoms with Crippen LogP contribution in [0.5, 0.6) is 0 Å². The number of hydrogen-bond donors (Lipinski definition) is 1. The third kappa shape index (κ3) is 4.48. The molecule has 0 saturated carbocycles. The molecule has 0 radical (unpaired) electrons. The molecule has 1 N–H and O–H groups in total. The summed E-state index contributed by atoms with van der Waals surface area (Å²) in [7, 11) is 0. The zero-order valence-electron chi connectivity index (χ0n) is 18.1. The summed E-state index contributed by atoms with van der Waals surface area (Å²) in [6.07, 6.45) is 9.15. The van der Waals surface area contributed by atoms with E-state index in [1.165, 1.54) is 19.3 Å². The van der Waals surface area contributed by atoms with Crippen LogP contribution in [-0.4, -0.2) is 28.5 Å². The fourth-order valence-electron chi connectivity index (χ4n) is 4.12. The lowest BCUT2D eigenvalue weighted by atomic mass is 10.1. The second-order valence-electron chi connectivity index (χ2n) is 8.24. The van der Waals surface area contributed by atoms with Crippen LogP contribution < -0.4 is 10.2 Å². The molecule has 0 atom stereocenters. The van der Waals surface area contributed by atoms with Crippen LogP contribution >= 0.6 is 11.3 Å². The lowest BCUT2D eigenvalue weighted by Crippen LogP contribution is -2.29. The van der Waals surface area contributed by atoms with E-state index >= 15 is 0 Å². The molecule has 0 bridgehead atoms. The van der Waals surface area contributed by atoms with Crippen molar-refractivity contribution >= 4 is 28.1 Å². The van der Waals surface area contributed by atoms with E-state index in [1.807, 2.05) is 54.1 Å². The first-order chi connectivity index (χ1) is 15.7. The summed E-state index contributed by atoms with van der Waals surface area (Å²) >= 11 is 1.69. The molecule has 32 heavy (non-hydrogen) atoms. The van der Waals surface area contributed by atoms with Gasteiger partial charge in [-0.15, -0.1) is 11.3 Å². The maximum absolute atomic E-state index is 13.0. The number of piperidine rings is 1. The highest BCUT2D eigenvalue weighted by Gasteiger charge is 2.17. The van der Waals surface area contributed by atoms with Crippen LogP contribution in [-0.2, 0) is 6.54 Å². The second-order valence-corrected chi connectivity index (χ2v) is 9.08. The summed E-state index contributed by atoms with van der Waals surface area (Å²) in [5, 5.41) is 6.21. The van der Waals surface area contributed by atoms with Gasteiger partial charge in [-0.25, -0.2) is 4.98 Å². The standard InChI is InChI=1S/C25H26N4O2S/c1-18-13-23(24(30)26-21-7-5-19(6-8-21)20-9-12-31-16-20)29(14-18)15-22-17-32-25(27-22)28-10-3-2-4-11-28/h5-9,12-14,16-17H,2-4,10-11,15H2,1H3,(H,26,30). The molecule has 5 rings (SSSR count). The molecule has 4 aromatic rings. The van der Waals surface area contributed by atoms with Gasteiger partial charge in [-0.05, 0) is 61.6 Å². The van der Waals surface area contributed by atoms with Crippen molar-refractivity contribution in [1.29, 1.82) is 0 Å². The minimum absolute atomic E-state index is 0.124. The van der Waals surface area contributed by atoms with E-state index in [2.05, 4.69) is 15.6 Å². The number of aryl methyl sites for hydroxylation is 1. The van der Waals surface area contributed by atoms with Crippen LogP contribution in [0.25, 0.3) is 11.1 Å². The zero-order chi connectivity index (χ0) is 21.9. The number of nitrogens with zero attached hydrogens (tertiary/aromatic N) is 3. The van der Waals surface area contributed by atoms with Gasteiger partial charge < -0.3 is 19.2 Å². The van der Waals surface area contributed by atoms with Gasteiger partial charge in [0.1, 0.15) is 5.69 Å². The molecule has 1 amide bonds. The Morgan fingerprint density at radius 3 is 2.69 bits per heavy atom. The second kappa shape index (κ2) is 9.04. The van der Waals surface area contributed by atoms with E-state index in [1.54, 1.807) is 23.9 Å². The molecule has 0 aliphatic carbocycles. The Hall–Kier alpha value is -3.32. The van der Waals surface area contributed by atoms with Crippen molar-refractivity contribution in [2.45, 2.75) is 32.7 Å². The number of carbonyl (C=O) groups excluding carboxylic acids is 1. The van der Waals surface area contributed by atoms with Gasteiger partial charge in [0.25, 0.3) is 5.91 Å². The molecule has 7 heteroatoms. The van der Waals surface area contributed by atoms with Gasteiger partial charge in [0.2, 0.25) is 0 Å². The van der Waals surface area contributed by atoms with Crippen LogP contribution in [0, 0.1) is 6.92 Å². The average Bonchev–Trinajstić information content (AvgIpc) is 3.57. The molecule has 0 unspecified atom stereocenters. The first-order valence-electron chi connectivity index (χ1n) is 11.0. The molecule has 1 aliphatic rings. The molecule has 1 fully saturated rings. The molecule has 4 heterocycles. The van der Waals surface area contributed by atoms with Crippen molar-refractivity contribution < 1.29 is 9.21 Å². The number of hydrogen-bond acceptors (Lipinski definition) is 5. The fourth-order valence-corrected chi connectivity index (χ4v) is 4.99. The fraction of sp³-hybridized carbons (Fsp3) is 0.280. The SMILES string of the molecule is Cc1cc(C(=O)Nc2ccc(-c3ccoc3)cc2)n(Cc2csc(N3CCCCC3)n2)c1. The highest BCUT2D eigenvalue weighted by atomic mass is 32.1. The maximum Gasteiger partial charge on any atom is 0.272 e. The molecular formula is C25H26N4O2S. The van der Waals surface area contributed by atoms with Crippen molar-refractivity contribution in [1.82, 2.24) is 9.55 Å². The third-order valence-electron chi connectivity index (χ3n) is 5.76. The molecule has 1 saturated heterocycles. The van der Waals surface area contributed by atoms with Crippen molar-refractivity contribution in [3.8, 4) is 11.1 Å². The smallest absolute Gasteiger partial charge is 0.272 e. The summed E-state index contributed by atoms with van der Waals surface area (Å²) < 4.78 is 7.13. The Bertz CT molecular complexity index is 1190. The first-order valence-corrected chi connectivity index (χ1v) is 11.8. The van der Waals surface area contributed by atoms with Gasteiger partial charge in [-0.3, -0.25) is 4.79 Å². The lowest BCUT2D eigenvalue weighted by Gasteiger charge is -2.25. The van der Waals surface area contributed by atoms with E-state index < -0.39 is 0 Å². The summed E-state index contributed by atoms with van der Waals surface area (Å²) in [5.41, 5.74) is 5.49. The van der Waals surface area contributed by atoms with Crippen LogP contribution in [0.3, 0.4) is 0 Å². The average molecular weight is 447 g/mol. The Morgan fingerprint density at radius 2 is 1.94 bits per heavy atom. The minimum Gasteiger partial charge on any atom is -0.472 e. The zero-order valence-corrected chi connectivity index (χ0v) is 18.9. The van der Waals surface area contributed by atoms with Gasteiger partial charge in [-0.1, -0.05) is 12.1 Å². The van der Waals surface area contributed by atoms with E-state index in [0.717, 1.165) is 46.3 Å². The number of nitrogens with one attached hydrogen (secondary N) is 1. The Morgan fingerprint density at radius 1 is 1.12 bits per heavy atom. The number of rotatable bonds is 6. The quantitative estimate of drug-likeness (QED) is 0.406.